The molecular formula is C32H35ClFN5O2. The second-order valence-corrected chi connectivity index (χ2v) is 11.3. The highest BCUT2D eigenvalue weighted by molar-refractivity contribution is 6.31. The van der Waals surface area contributed by atoms with Gasteiger partial charge < -0.3 is 19.1 Å². The van der Waals surface area contributed by atoms with E-state index in [9.17, 15) is 9.18 Å². The van der Waals surface area contributed by atoms with Gasteiger partial charge in [0.05, 0.1) is 29.7 Å². The zero-order valence-corrected chi connectivity index (χ0v) is 24.1. The van der Waals surface area contributed by atoms with Crippen LogP contribution >= 0.6 is 11.6 Å². The van der Waals surface area contributed by atoms with Crippen molar-refractivity contribution in [3.63, 3.8) is 0 Å². The van der Waals surface area contributed by atoms with Crippen LogP contribution in [0.1, 0.15) is 24.2 Å². The number of piperazine rings is 1. The molecule has 0 radical (unpaired) electrons. The lowest BCUT2D eigenvalue weighted by molar-refractivity contribution is -0.137. The predicted octanol–water partition coefficient (Wildman–Crippen LogP) is 5.45. The third-order valence-corrected chi connectivity index (χ3v) is 8.68. The number of anilines is 1. The van der Waals surface area contributed by atoms with Crippen LogP contribution in [0.25, 0.3) is 11.0 Å². The summed E-state index contributed by atoms with van der Waals surface area (Å²) in [6.07, 6.45) is 1.71. The summed E-state index contributed by atoms with van der Waals surface area (Å²) in [5, 5.41) is 0.129. The van der Waals surface area contributed by atoms with E-state index in [4.69, 9.17) is 21.3 Å². The van der Waals surface area contributed by atoms with Crippen LogP contribution in [0.5, 0.6) is 5.75 Å². The third kappa shape index (κ3) is 6.04. The minimum Gasteiger partial charge on any atom is -0.497 e. The van der Waals surface area contributed by atoms with Crippen molar-refractivity contribution >= 4 is 34.2 Å². The zero-order chi connectivity index (χ0) is 28.3. The van der Waals surface area contributed by atoms with Crippen LogP contribution in [0.2, 0.25) is 5.02 Å². The fraction of sp³-hybridized carbons (Fsp3) is 0.375. The fourth-order valence-electron chi connectivity index (χ4n) is 6.00. The minimum atomic E-state index is -0.412. The van der Waals surface area contributed by atoms with Crippen LogP contribution < -0.4 is 9.64 Å². The van der Waals surface area contributed by atoms with Crippen LogP contribution in [-0.2, 0) is 17.9 Å². The Balaban J connectivity index is 1.06. The molecule has 0 N–H and O–H groups in total. The van der Waals surface area contributed by atoms with Gasteiger partial charge in [-0.1, -0.05) is 35.9 Å². The molecule has 0 aliphatic carbocycles. The number of nitrogens with zero attached hydrogens (tertiary/aromatic N) is 5. The third-order valence-electron chi connectivity index (χ3n) is 8.39. The van der Waals surface area contributed by atoms with Crippen LogP contribution in [0.4, 0.5) is 10.1 Å². The van der Waals surface area contributed by atoms with Gasteiger partial charge in [-0.3, -0.25) is 9.69 Å². The highest BCUT2D eigenvalue weighted by Crippen LogP contribution is 2.27. The van der Waals surface area contributed by atoms with Crippen molar-refractivity contribution in [2.75, 3.05) is 51.3 Å². The molecule has 0 saturated carbocycles. The van der Waals surface area contributed by atoms with E-state index in [2.05, 4.69) is 44.7 Å². The van der Waals surface area contributed by atoms with Crippen molar-refractivity contribution in [1.82, 2.24) is 19.4 Å². The summed E-state index contributed by atoms with van der Waals surface area (Å²) >= 11 is 5.97. The normalized spacial score (nSPS) is 16.9. The SMILES string of the molecule is COc1ccc(Cn2c(CN3CCC(C(=O)N4CCN(c5ccc(F)c(Cl)c5)CC4)CC3)nc3ccccc32)cc1. The topological polar surface area (TPSA) is 53.8 Å². The molecule has 6 rings (SSSR count). The highest BCUT2D eigenvalue weighted by Gasteiger charge is 2.31. The summed E-state index contributed by atoms with van der Waals surface area (Å²) in [7, 11) is 1.68. The maximum absolute atomic E-state index is 13.6. The van der Waals surface area contributed by atoms with E-state index in [0.29, 0.717) is 13.1 Å². The molecule has 0 unspecified atom stereocenters. The number of benzene rings is 3. The number of hydrogen-bond acceptors (Lipinski definition) is 5. The number of imidazole rings is 1. The summed E-state index contributed by atoms with van der Waals surface area (Å²) in [5.74, 6) is 1.79. The van der Waals surface area contributed by atoms with Gasteiger partial charge in [-0.25, -0.2) is 9.37 Å². The first-order valence-electron chi connectivity index (χ1n) is 14.3. The Morgan fingerprint density at radius 3 is 2.39 bits per heavy atom. The number of halogens is 2. The Bertz CT molecular complexity index is 1510. The van der Waals surface area contributed by atoms with E-state index in [1.165, 1.54) is 11.6 Å². The molecule has 0 spiro atoms. The minimum absolute atomic E-state index is 0.0520. The molecule has 214 valence electrons. The number of amides is 1. The molecule has 0 atom stereocenters. The predicted molar refractivity (Wildman–Crippen MR) is 160 cm³/mol. The summed E-state index contributed by atoms with van der Waals surface area (Å²) < 4.78 is 21.2. The van der Waals surface area contributed by atoms with Gasteiger partial charge in [0, 0.05) is 44.3 Å². The Kier molecular flexibility index (Phi) is 8.12. The number of carbonyl (C=O) groups is 1. The average Bonchev–Trinajstić information content (AvgIpc) is 3.35. The lowest BCUT2D eigenvalue weighted by Gasteiger charge is -2.39. The van der Waals surface area contributed by atoms with E-state index in [-0.39, 0.29) is 16.8 Å². The van der Waals surface area contributed by atoms with Crippen molar-refractivity contribution in [2.45, 2.75) is 25.9 Å². The van der Waals surface area contributed by atoms with Crippen molar-refractivity contribution in [3.8, 4) is 5.75 Å². The number of hydrogen-bond donors (Lipinski definition) is 0. The first-order chi connectivity index (χ1) is 20.0. The van der Waals surface area contributed by atoms with E-state index in [0.717, 1.165) is 80.4 Å². The second-order valence-electron chi connectivity index (χ2n) is 10.9. The molecule has 3 heterocycles. The first-order valence-corrected chi connectivity index (χ1v) is 14.6. The monoisotopic (exact) mass is 575 g/mol. The van der Waals surface area contributed by atoms with E-state index >= 15 is 0 Å². The zero-order valence-electron chi connectivity index (χ0n) is 23.3. The molecular weight excluding hydrogens is 541 g/mol. The van der Waals surface area contributed by atoms with Gasteiger partial charge in [0.25, 0.3) is 0 Å². The maximum atomic E-state index is 13.6. The van der Waals surface area contributed by atoms with Crippen LogP contribution in [0.3, 0.4) is 0 Å². The van der Waals surface area contributed by atoms with Crippen molar-refractivity contribution < 1.29 is 13.9 Å². The molecule has 9 heteroatoms. The Morgan fingerprint density at radius 2 is 1.68 bits per heavy atom. The summed E-state index contributed by atoms with van der Waals surface area (Å²) in [6, 6.07) is 21.3. The molecule has 7 nitrogen and oxygen atoms in total. The molecule has 1 aromatic heterocycles. The summed E-state index contributed by atoms with van der Waals surface area (Å²) in [6.45, 7) is 6.02. The number of piperidine rings is 1. The van der Waals surface area contributed by atoms with Gasteiger partial charge in [0.15, 0.2) is 0 Å². The van der Waals surface area contributed by atoms with Gasteiger partial charge in [-0.05, 0) is 74.0 Å². The van der Waals surface area contributed by atoms with E-state index in [1.807, 2.05) is 23.1 Å². The summed E-state index contributed by atoms with van der Waals surface area (Å²) in [4.78, 5) is 24.9. The van der Waals surface area contributed by atoms with Gasteiger partial charge >= 0.3 is 0 Å². The fourth-order valence-corrected chi connectivity index (χ4v) is 6.17. The van der Waals surface area contributed by atoms with Crippen molar-refractivity contribution in [2.24, 2.45) is 5.92 Å². The first kappa shape index (κ1) is 27.5. The largest absolute Gasteiger partial charge is 0.497 e. The standard InChI is InChI=1S/C32H35ClFN5O2/c1-41-26-9-6-23(7-10-26)21-39-30-5-3-2-4-29(30)35-31(39)22-36-14-12-24(13-15-36)32(40)38-18-16-37(17-19-38)25-8-11-28(34)27(33)20-25/h2-11,20,24H,12-19,21-22H2,1H3. The number of fused-ring (bicyclic) bond motifs is 1. The van der Waals surface area contributed by atoms with E-state index < -0.39 is 5.82 Å². The van der Waals surface area contributed by atoms with Crippen LogP contribution in [0.15, 0.2) is 66.7 Å². The highest BCUT2D eigenvalue weighted by atomic mass is 35.5. The number of carbonyl (C=O) groups excluding carboxylic acids is 1. The number of aromatic nitrogens is 2. The second kappa shape index (κ2) is 12.1. The lowest BCUT2D eigenvalue weighted by atomic mass is 9.95. The molecule has 41 heavy (non-hydrogen) atoms. The number of ether oxygens (including phenoxy) is 1. The van der Waals surface area contributed by atoms with Gasteiger partial charge in [0.1, 0.15) is 17.4 Å². The molecule has 2 aliphatic heterocycles. The van der Waals surface area contributed by atoms with Crippen LogP contribution in [-0.4, -0.2) is 71.6 Å². The van der Waals surface area contributed by atoms with Crippen molar-refractivity contribution in [3.05, 3.63) is 89.0 Å². The molecule has 0 bridgehead atoms. The molecule has 2 aliphatic rings. The molecule has 1 amide bonds. The quantitative estimate of drug-likeness (QED) is 0.293. The van der Waals surface area contributed by atoms with Gasteiger partial charge in [0.2, 0.25) is 5.91 Å². The summed E-state index contributed by atoms with van der Waals surface area (Å²) in [5.41, 5.74) is 4.23. The number of likely N-dealkylation sites (tertiary alicyclic amines) is 1. The molecule has 2 fully saturated rings. The Morgan fingerprint density at radius 1 is 0.951 bits per heavy atom. The maximum Gasteiger partial charge on any atom is 0.225 e. The molecule has 2 saturated heterocycles. The van der Waals surface area contributed by atoms with Crippen LogP contribution in [0, 0.1) is 11.7 Å². The van der Waals surface area contributed by atoms with Gasteiger partial charge in [-0.15, -0.1) is 0 Å². The van der Waals surface area contributed by atoms with E-state index in [1.54, 1.807) is 19.2 Å². The number of methoxy groups -OCH3 is 1. The van der Waals surface area contributed by atoms with Crippen molar-refractivity contribution in [1.29, 1.82) is 0 Å². The lowest BCUT2D eigenvalue weighted by Crippen LogP contribution is -2.51. The Labute approximate surface area is 245 Å². The molecule has 4 aromatic rings. The smallest absolute Gasteiger partial charge is 0.225 e. The molecule has 3 aromatic carbocycles. The number of para-hydroxylation sites is 2. The Hall–Kier alpha value is -3.62. The number of rotatable bonds is 7. The van der Waals surface area contributed by atoms with Gasteiger partial charge in [-0.2, -0.15) is 0 Å². The average molecular weight is 576 g/mol.